The average Bonchev–Trinajstić information content (AvgIpc) is 2.65. The van der Waals surface area contributed by atoms with Gasteiger partial charge in [-0.25, -0.2) is 5.43 Å². The fraction of sp³-hybridized carbons (Fsp3) is 0.0556. The molecule has 2 aromatic rings. The molecular formula is C18H12BrClN4O3S. The van der Waals surface area contributed by atoms with Crippen molar-refractivity contribution in [2.45, 2.75) is 0 Å². The zero-order valence-corrected chi connectivity index (χ0v) is 17.2. The van der Waals surface area contributed by atoms with Crippen molar-refractivity contribution < 1.29 is 14.4 Å². The van der Waals surface area contributed by atoms with Crippen molar-refractivity contribution in [3.63, 3.8) is 0 Å². The van der Waals surface area contributed by atoms with Gasteiger partial charge in [0.05, 0.1) is 5.69 Å². The SMILES string of the molecule is O=C(N/N=C\[C@@H]1C(=O)NC(=S)N(c2ccc(Br)cc2)C1=O)c1cccc(Cl)c1. The number of rotatable bonds is 4. The first-order valence-electron chi connectivity index (χ1n) is 7.90. The van der Waals surface area contributed by atoms with Crippen LogP contribution in [0.3, 0.4) is 0 Å². The maximum atomic E-state index is 12.8. The standard InChI is InChI=1S/C18H12BrClN4O3S/c19-11-4-6-13(7-5-11)24-17(27)14(16(26)22-18(24)28)9-21-23-15(25)10-2-1-3-12(20)8-10/h1-9,14H,(H,23,25)(H,22,26,28)/b21-9-/t14-/m1/s1. The summed E-state index contributed by atoms with van der Waals surface area (Å²) in [5.41, 5.74) is 3.06. The molecule has 3 rings (SSSR count). The number of halogens is 2. The highest BCUT2D eigenvalue weighted by atomic mass is 79.9. The third-order valence-corrected chi connectivity index (χ3v) is 4.81. The van der Waals surface area contributed by atoms with E-state index in [9.17, 15) is 14.4 Å². The molecule has 0 unspecified atom stereocenters. The van der Waals surface area contributed by atoms with Crippen LogP contribution in [-0.2, 0) is 9.59 Å². The molecule has 0 aliphatic carbocycles. The van der Waals surface area contributed by atoms with Gasteiger partial charge in [-0.2, -0.15) is 5.10 Å². The third-order valence-electron chi connectivity index (χ3n) is 3.76. The van der Waals surface area contributed by atoms with Gasteiger partial charge in [-0.05, 0) is 54.7 Å². The first-order chi connectivity index (χ1) is 13.4. The van der Waals surface area contributed by atoms with Crippen LogP contribution in [-0.4, -0.2) is 29.0 Å². The van der Waals surface area contributed by atoms with E-state index in [1.165, 1.54) is 11.0 Å². The number of hydrogen-bond acceptors (Lipinski definition) is 5. The minimum absolute atomic E-state index is 0.0232. The maximum absolute atomic E-state index is 12.8. The molecule has 1 aliphatic heterocycles. The Morgan fingerprint density at radius 3 is 2.64 bits per heavy atom. The van der Waals surface area contributed by atoms with Crippen molar-refractivity contribution in [1.82, 2.24) is 10.7 Å². The van der Waals surface area contributed by atoms with Crippen LogP contribution in [0.5, 0.6) is 0 Å². The van der Waals surface area contributed by atoms with Crippen molar-refractivity contribution in [2.24, 2.45) is 11.0 Å². The van der Waals surface area contributed by atoms with Crippen molar-refractivity contribution >= 4 is 74.5 Å². The summed E-state index contributed by atoms with van der Waals surface area (Å²) in [6, 6.07) is 13.1. The fourth-order valence-electron chi connectivity index (χ4n) is 2.42. The van der Waals surface area contributed by atoms with E-state index < -0.39 is 23.6 Å². The number of carbonyl (C=O) groups excluding carboxylic acids is 3. The van der Waals surface area contributed by atoms with Gasteiger partial charge >= 0.3 is 0 Å². The van der Waals surface area contributed by atoms with E-state index >= 15 is 0 Å². The number of carbonyl (C=O) groups is 3. The average molecular weight is 480 g/mol. The lowest BCUT2D eigenvalue weighted by atomic mass is 10.1. The summed E-state index contributed by atoms with van der Waals surface area (Å²) in [4.78, 5) is 38.2. The lowest BCUT2D eigenvalue weighted by Gasteiger charge is -2.30. The molecular weight excluding hydrogens is 468 g/mol. The van der Waals surface area contributed by atoms with Gasteiger partial charge in [-0.1, -0.05) is 33.6 Å². The normalized spacial score (nSPS) is 17.0. The Morgan fingerprint density at radius 2 is 1.96 bits per heavy atom. The molecule has 3 amide bonds. The summed E-state index contributed by atoms with van der Waals surface area (Å²) in [5.74, 6) is -2.96. The van der Waals surface area contributed by atoms with Crippen molar-refractivity contribution in [3.8, 4) is 0 Å². The number of hydrazone groups is 1. The Morgan fingerprint density at radius 1 is 1.25 bits per heavy atom. The van der Waals surface area contributed by atoms with Gasteiger partial charge in [0.25, 0.3) is 11.8 Å². The maximum Gasteiger partial charge on any atom is 0.271 e. The Kier molecular flexibility index (Phi) is 6.18. The van der Waals surface area contributed by atoms with Crippen LogP contribution in [0.2, 0.25) is 5.02 Å². The van der Waals surface area contributed by atoms with Crippen molar-refractivity contribution in [1.29, 1.82) is 0 Å². The number of benzene rings is 2. The first-order valence-corrected chi connectivity index (χ1v) is 9.48. The molecule has 1 heterocycles. The molecule has 2 aromatic carbocycles. The van der Waals surface area contributed by atoms with Gasteiger partial charge in [-0.15, -0.1) is 0 Å². The molecule has 1 fully saturated rings. The minimum Gasteiger partial charge on any atom is -0.301 e. The topological polar surface area (TPSA) is 90.9 Å². The van der Waals surface area contributed by atoms with E-state index in [-0.39, 0.29) is 5.11 Å². The Labute approximate surface area is 178 Å². The monoisotopic (exact) mass is 478 g/mol. The van der Waals surface area contributed by atoms with Crippen LogP contribution in [0.4, 0.5) is 5.69 Å². The quantitative estimate of drug-likeness (QED) is 0.305. The molecule has 10 heteroatoms. The van der Waals surface area contributed by atoms with Gasteiger partial charge in [0, 0.05) is 21.3 Å². The van der Waals surface area contributed by atoms with E-state index in [2.05, 4.69) is 31.8 Å². The number of thiocarbonyl (C=S) groups is 1. The predicted molar refractivity (Wildman–Crippen MR) is 113 cm³/mol. The molecule has 1 aliphatic rings. The highest BCUT2D eigenvalue weighted by Gasteiger charge is 2.38. The van der Waals surface area contributed by atoms with Gasteiger partial charge < -0.3 is 5.32 Å². The molecule has 2 N–H and O–H groups in total. The van der Waals surface area contributed by atoms with Gasteiger partial charge in [0.2, 0.25) is 5.91 Å². The van der Waals surface area contributed by atoms with Gasteiger partial charge in [0.15, 0.2) is 11.0 Å². The fourth-order valence-corrected chi connectivity index (χ4v) is 3.17. The molecule has 0 spiro atoms. The van der Waals surface area contributed by atoms with Crippen molar-refractivity contribution in [2.75, 3.05) is 4.90 Å². The molecule has 0 aromatic heterocycles. The van der Waals surface area contributed by atoms with E-state index in [0.717, 1.165) is 10.7 Å². The molecule has 28 heavy (non-hydrogen) atoms. The second kappa shape index (κ2) is 8.59. The van der Waals surface area contributed by atoms with E-state index in [0.29, 0.717) is 16.3 Å². The summed E-state index contributed by atoms with van der Waals surface area (Å²) < 4.78 is 0.831. The smallest absolute Gasteiger partial charge is 0.271 e. The third kappa shape index (κ3) is 4.44. The van der Waals surface area contributed by atoms with Crippen LogP contribution in [0, 0.1) is 5.92 Å². The summed E-state index contributed by atoms with van der Waals surface area (Å²) in [5, 5.41) is 6.58. The largest absolute Gasteiger partial charge is 0.301 e. The zero-order valence-electron chi connectivity index (χ0n) is 14.1. The highest BCUT2D eigenvalue weighted by Crippen LogP contribution is 2.22. The van der Waals surface area contributed by atoms with Gasteiger partial charge in [-0.3, -0.25) is 19.3 Å². The van der Waals surface area contributed by atoms with Crippen molar-refractivity contribution in [3.05, 3.63) is 63.6 Å². The lowest BCUT2D eigenvalue weighted by molar-refractivity contribution is -0.130. The second-order valence-corrected chi connectivity index (χ2v) is 7.39. The van der Waals surface area contributed by atoms with E-state index in [4.69, 9.17) is 23.8 Å². The number of nitrogens with one attached hydrogen (secondary N) is 2. The molecule has 142 valence electrons. The second-order valence-electron chi connectivity index (χ2n) is 5.65. The summed E-state index contributed by atoms with van der Waals surface area (Å²) in [6.07, 6.45) is 1.06. The number of hydrogen-bond donors (Lipinski definition) is 2. The molecule has 1 saturated heterocycles. The molecule has 7 nitrogen and oxygen atoms in total. The lowest BCUT2D eigenvalue weighted by Crippen LogP contribution is -2.58. The molecule has 0 saturated carbocycles. The minimum atomic E-state index is -1.24. The van der Waals surface area contributed by atoms with Crippen LogP contribution in [0.15, 0.2) is 58.1 Å². The molecule has 0 radical (unpaired) electrons. The summed E-state index contributed by atoms with van der Waals surface area (Å²) in [6.45, 7) is 0. The van der Waals surface area contributed by atoms with E-state index in [1.54, 1.807) is 42.5 Å². The number of nitrogens with zero attached hydrogens (tertiary/aromatic N) is 2. The Bertz CT molecular complexity index is 997. The van der Waals surface area contributed by atoms with E-state index in [1.807, 2.05) is 0 Å². The van der Waals surface area contributed by atoms with Crippen LogP contribution < -0.4 is 15.6 Å². The van der Waals surface area contributed by atoms with Gasteiger partial charge in [0.1, 0.15) is 0 Å². The molecule has 1 atom stereocenters. The van der Waals surface area contributed by atoms with Crippen LogP contribution in [0.25, 0.3) is 0 Å². The molecule has 0 bridgehead atoms. The number of amides is 3. The Hall–Kier alpha value is -2.62. The highest BCUT2D eigenvalue weighted by molar-refractivity contribution is 9.10. The predicted octanol–water partition coefficient (Wildman–Crippen LogP) is 2.88. The Balaban J connectivity index is 1.75. The zero-order chi connectivity index (χ0) is 20.3. The summed E-state index contributed by atoms with van der Waals surface area (Å²) >= 11 is 14.3. The number of anilines is 1. The van der Waals surface area contributed by atoms with Crippen LogP contribution >= 0.6 is 39.7 Å². The first kappa shape index (κ1) is 20.1. The van der Waals surface area contributed by atoms with Crippen LogP contribution in [0.1, 0.15) is 10.4 Å². The summed E-state index contributed by atoms with van der Waals surface area (Å²) in [7, 11) is 0.